The first kappa shape index (κ1) is 22.6. The average molecular weight is 450 g/mol. The van der Waals surface area contributed by atoms with E-state index in [2.05, 4.69) is 10.2 Å². The molecule has 1 aliphatic rings. The number of likely N-dealkylation sites (tertiary alicyclic amines) is 1. The summed E-state index contributed by atoms with van der Waals surface area (Å²) >= 11 is 5.91. The van der Waals surface area contributed by atoms with E-state index in [0.29, 0.717) is 17.3 Å². The summed E-state index contributed by atoms with van der Waals surface area (Å²) in [4.78, 5) is 15.1. The van der Waals surface area contributed by atoms with Crippen LogP contribution in [0.3, 0.4) is 0 Å². The third-order valence-electron chi connectivity index (χ3n) is 5.15. The van der Waals surface area contributed by atoms with Gasteiger partial charge in [0.15, 0.2) is 0 Å². The lowest BCUT2D eigenvalue weighted by atomic mass is 10.2. The van der Waals surface area contributed by atoms with Gasteiger partial charge in [-0.05, 0) is 87.8 Å². The number of halogens is 1. The van der Waals surface area contributed by atoms with Gasteiger partial charge in [0.2, 0.25) is 5.91 Å². The molecule has 1 N–H and O–H groups in total. The fourth-order valence-electron chi connectivity index (χ4n) is 3.55. The molecule has 30 heavy (non-hydrogen) atoms. The van der Waals surface area contributed by atoms with Gasteiger partial charge in [0.05, 0.1) is 10.6 Å². The Kier molecular flexibility index (Phi) is 7.75. The Hall–Kier alpha value is -2.09. The Morgan fingerprint density at radius 3 is 2.50 bits per heavy atom. The summed E-state index contributed by atoms with van der Waals surface area (Å²) in [6.45, 7) is 5.32. The predicted octanol–water partition coefficient (Wildman–Crippen LogP) is 3.45. The van der Waals surface area contributed by atoms with Crippen molar-refractivity contribution in [1.82, 2.24) is 10.2 Å². The van der Waals surface area contributed by atoms with Gasteiger partial charge in [-0.25, -0.2) is 8.42 Å². The Morgan fingerprint density at radius 1 is 1.13 bits per heavy atom. The van der Waals surface area contributed by atoms with E-state index in [0.717, 1.165) is 35.9 Å². The van der Waals surface area contributed by atoms with Gasteiger partial charge in [-0.2, -0.15) is 0 Å². The zero-order valence-corrected chi connectivity index (χ0v) is 18.8. The number of anilines is 1. The molecule has 0 atom stereocenters. The summed E-state index contributed by atoms with van der Waals surface area (Å²) in [5.41, 5.74) is 1.37. The minimum atomic E-state index is -3.92. The molecule has 1 amide bonds. The number of rotatable bonds is 9. The largest absolute Gasteiger partial charge is 0.354 e. The van der Waals surface area contributed by atoms with Gasteiger partial charge >= 0.3 is 0 Å². The van der Waals surface area contributed by atoms with Crippen LogP contribution in [-0.4, -0.2) is 51.9 Å². The number of carbonyl (C=O) groups excluding carboxylic acids is 1. The molecule has 0 aliphatic carbocycles. The van der Waals surface area contributed by atoms with Crippen molar-refractivity contribution in [3.8, 4) is 0 Å². The Balaban J connectivity index is 1.71. The molecular weight excluding hydrogens is 422 g/mol. The van der Waals surface area contributed by atoms with Crippen molar-refractivity contribution in [1.29, 1.82) is 0 Å². The van der Waals surface area contributed by atoms with E-state index in [-0.39, 0.29) is 17.3 Å². The van der Waals surface area contributed by atoms with Crippen molar-refractivity contribution < 1.29 is 13.2 Å². The maximum absolute atomic E-state index is 13.3. The average Bonchev–Trinajstić information content (AvgIpc) is 3.23. The van der Waals surface area contributed by atoms with Crippen LogP contribution in [0, 0.1) is 6.92 Å². The summed E-state index contributed by atoms with van der Waals surface area (Å²) in [6.07, 6.45) is 3.32. The van der Waals surface area contributed by atoms with E-state index in [1.54, 1.807) is 18.2 Å². The Labute approximate surface area is 183 Å². The summed E-state index contributed by atoms with van der Waals surface area (Å²) in [5, 5.41) is 3.31. The van der Waals surface area contributed by atoms with Crippen LogP contribution in [0.5, 0.6) is 0 Å². The fourth-order valence-corrected chi connectivity index (χ4v) is 5.09. The number of benzene rings is 2. The maximum Gasteiger partial charge on any atom is 0.264 e. The molecule has 0 bridgehead atoms. The van der Waals surface area contributed by atoms with E-state index in [9.17, 15) is 13.2 Å². The quantitative estimate of drug-likeness (QED) is 0.595. The molecule has 2 aromatic carbocycles. The van der Waals surface area contributed by atoms with Crippen LogP contribution in [0.15, 0.2) is 53.4 Å². The molecule has 0 radical (unpaired) electrons. The number of amides is 1. The molecule has 0 spiro atoms. The molecule has 1 saturated heterocycles. The normalized spacial score (nSPS) is 14.6. The van der Waals surface area contributed by atoms with Gasteiger partial charge in [-0.1, -0.05) is 23.7 Å². The monoisotopic (exact) mass is 449 g/mol. The van der Waals surface area contributed by atoms with Crippen LogP contribution in [0.4, 0.5) is 5.69 Å². The maximum atomic E-state index is 13.3. The summed E-state index contributed by atoms with van der Waals surface area (Å²) in [6, 6.07) is 13.1. The molecule has 0 saturated carbocycles. The van der Waals surface area contributed by atoms with Gasteiger partial charge in [0.1, 0.15) is 6.54 Å². The van der Waals surface area contributed by atoms with E-state index < -0.39 is 10.0 Å². The van der Waals surface area contributed by atoms with Gasteiger partial charge in [0.25, 0.3) is 10.0 Å². The number of nitrogens with zero attached hydrogens (tertiary/aromatic N) is 2. The zero-order valence-electron chi connectivity index (χ0n) is 17.2. The van der Waals surface area contributed by atoms with Crippen molar-refractivity contribution in [2.45, 2.75) is 31.1 Å². The zero-order chi connectivity index (χ0) is 21.6. The van der Waals surface area contributed by atoms with Gasteiger partial charge in [0, 0.05) is 11.6 Å². The Bertz CT molecular complexity index is 958. The second-order valence-electron chi connectivity index (χ2n) is 7.56. The first-order valence-corrected chi connectivity index (χ1v) is 12.0. The van der Waals surface area contributed by atoms with Crippen LogP contribution >= 0.6 is 11.6 Å². The van der Waals surface area contributed by atoms with Gasteiger partial charge in [-0.15, -0.1) is 0 Å². The second-order valence-corrected chi connectivity index (χ2v) is 9.86. The number of hydrogen-bond acceptors (Lipinski definition) is 4. The SMILES string of the molecule is Cc1cccc(N(CC(=O)NCCCN2CCCC2)S(=O)(=O)c2ccc(Cl)cc2)c1. The summed E-state index contributed by atoms with van der Waals surface area (Å²) < 4.78 is 27.7. The van der Waals surface area contributed by atoms with Crippen molar-refractivity contribution >= 4 is 33.2 Å². The van der Waals surface area contributed by atoms with Crippen LogP contribution in [0.2, 0.25) is 5.02 Å². The van der Waals surface area contributed by atoms with Crippen molar-refractivity contribution in [2.24, 2.45) is 0 Å². The van der Waals surface area contributed by atoms with Crippen molar-refractivity contribution in [3.63, 3.8) is 0 Å². The molecule has 0 aromatic heterocycles. The third kappa shape index (κ3) is 5.97. The smallest absolute Gasteiger partial charge is 0.264 e. The molecule has 3 rings (SSSR count). The van der Waals surface area contributed by atoms with Crippen LogP contribution in [0.25, 0.3) is 0 Å². The first-order valence-electron chi connectivity index (χ1n) is 10.2. The van der Waals surface area contributed by atoms with E-state index in [4.69, 9.17) is 11.6 Å². The minimum absolute atomic E-state index is 0.0928. The third-order valence-corrected chi connectivity index (χ3v) is 7.19. The minimum Gasteiger partial charge on any atom is -0.354 e. The molecule has 1 fully saturated rings. The molecule has 6 nitrogen and oxygen atoms in total. The lowest BCUT2D eigenvalue weighted by Gasteiger charge is -2.24. The highest BCUT2D eigenvalue weighted by Gasteiger charge is 2.27. The van der Waals surface area contributed by atoms with Crippen molar-refractivity contribution in [3.05, 3.63) is 59.1 Å². The van der Waals surface area contributed by atoms with Crippen LogP contribution in [0.1, 0.15) is 24.8 Å². The fraction of sp³-hybridized carbons (Fsp3) is 0.409. The lowest BCUT2D eigenvalue weighted by molar-refractivity contribution is -0.119. The van der Waals surface area contributed by atoms with E-state index in [1.165, 1.54) is 37.1 Å². The molecule has 1 heterocycles. The first-order chi connectivity index (χ1) is 14.4. The number of hydrogen-bond donors (Lipinski definition) is 1. The van der Waals surface area contributed by atoms with E-state index in [1.807, 2.05) is 13.0 Å². The highest BCUT2D eigenvalue weighted by Crippen LogP contribution is 2.25. The number of sulfonamides is 1. The second kappa shape index (κ2) is 10.3. The molecular formula is C22H28ClN3O3S. The molecule has 0 unspecified atom stereocenters. The topological polar surface area (TPSA) is 69.7 Å². The molecule has 2 aromatic rings. The van der Waals surface area contributed by atoms with Gasteiger partial charge < -0.3 is 10.2 Å². The van der Waals surface area contributed by atoms with Gasteiger partial charge in [-0.3, -0.25) is 9.10 Å². The number of nitrogens with one attached hydrogen (secondary N) is 1. The molecule has 8 heteroatoms. The van der Waals surface area contributed by atoms with Crippen LogP contribution < -0.4 is 9.62 Å². The van der Waals surface area contributed by atoms with E-state index >= 15 is 0 Å². The number of aryl methyl sites for hydroxylation is 1. The molecule has 1 aliphatic heterocycles. The Morgan fingerprint density at radius 2 is 1.83 bits per heavy atom. The standard InChI is InChI=1S/C22H28ClN3O3S/c1-18-6-4-7-20(16-18)26(30(28,29)21-10-8-19(23)9-11-21)17-22(27)24-12-5-15-25-13-2-3-14-25/h4,6-11,16H,2-3,5,12-15,17H2,1H3,(H,24,27). The van der Waals surface area contributed by atoms with Crippen LogP contribution in [-0.2, 0) is 14.8 Å². The molecule has 162 valence electrons. The summed E-state index contributed by atoms with van der Waals surface area (Å²) in [5.74, 6) is -0.324. The highest BCUT2D eigenvalue weighted by atomic mass is 35.5. The summed E-state index contributed by atoms with van der Waals surface area (Å²) in [7, 11) is -3.92. The van der Waals surface area contributed by atoms with Crippen molar-refractivity contribution in [2.75, 3.05) is 37.0 Å². The highest BCUT2D eigenvalue weighted by molar-refractivity contribution is 7.92. The predicted molar refractivity (Wildman–Crippen MR) is 120 cm³/mol. The lowest BCUT2D eigenvalue weighted by Crippen LogP contribution is -2.41. The number of carbonyl (C=O) groups is 1.